The Kier molecular flexibility index (Phi) is 7.82. The van der Waals surface area contributed by atoms with Gasteiger partial charge >= 0.3 is 5.97 Å². The largest absolute Gasteiger partial charge is 0.488 e. The zero-order valence-electron chi connectivity index (χ0n) is 16.7. The zero-order valence-corrected chi connectivity index (χ0v) is 18.3. The third-order valence-electron chi connectivity index (χ3n) is 4.00. The van der Waals surface area contributed by atoms with Crippen LogP contribution in [0.4, 0.5) is 5.13 Å². The SMILES string of the molecule is CCOC(=O)Cc1csc(NN=Cc2cc(Cl)ccc2OCc2cccc(C)c2)n1. The molecule has 0 aliphatic rings. The number of aromatic nitrogens is 1. The Morgan fingerprint density at radius 1 is 1.30 bits per heavy atom. The minimum absolute atomic E-state index is 0.140. The number of carbonyl (C=O) groups excluding carboxylic acids is 1. The minimum Gasteiger partial charge on any atom is -0.488 e. The lowest BCUT2D eigenvalue weighted by Gasteiger charge is -2.10. The molecule has 0 aliphatic heterocycles. The van der Waals surface area contributed by atoms with Gasteiger partial charge in [0.1, 0.15) is 12.4 Å². The quantitative estimate of drug-likeness (QED) is 0.278. The van der Waals surface area contributed by atoms with Crippen molar-refractivity contribution in [2.45, 2.75) is 26.9 Å². The van der Waals surface area contributed by atoms with Crippen LogP contribution in [-0.4, -0.2) is 23.8 Å². The average molecular weight is 444 g/mol. The first-order chi connectivity index (χ1) is 14.5. The molecule has 0 radical (unpaired) electrons. The summed E-state index contributed by atoms with van der Waals surface area (Å²) in [5.74, 6) is 0.376. The van der Waals surface area contributed by atoms with Gasteiger partial charge in [0.2, 0.25) is 5.13 Å². The molecule has 0 fully saturated rings. The van der Waals surface area contributed by atoms with Gasteiger partial charge in [0.15, 0.2) is 0 Å². The van der Waals surface area contributed by atoms with E-state index >= 15 is 0 Å². The Morgan fingerprint density at radius 2 is 2.17 bits per heavy atom. The van der Waals surface area contributed by atoms with Gasteiger partial charge in [-0.1, -0.05) is 41.4 Å². The van der Waals surface area contributed by atoms with E-state index in [9.17, 15) is 4.79 Å². The number of hydrogen-bond acceptors (Lipinski definition) is 7. The van der Waals surface area contributed by atoms with Crippen LogP contribution in [-0.2, 0) is 22.6 Å². The van der Waals surface area contributed by atoms with Gasteiger partial charge in [-0.25, -0.2) is 4.98 Å². The summed E-state index contributed by atoms with van der Waals surface area (Å²) in [6, 6.07) is 13.5. The van der Waals surface area contributed by atoms with E-state index in [1.807, 2.05) is 31.2 Å². The van der Waals surface area contributed by atoms with Gasteiger partial charge in [-0.15, -0.1) is 11.3 Å². The molecule has 1 aromatic heterocycles. The van der Waals surface area contributed by atoms with Crippen LogP contribution in [0, 0.1) is 6.92 Å². The number of nitrogens with one attached hydrogen (secondary N) is 1. The molecule has 0 amide bonds. The average Bonchev–Trinajstić information content (AvgIpc) is 3.14. The van der Waals surface area contributed by atoms with Crippen LogP contribution in [0.2, 0.25) is 5.02 Å². The number of thiazole rings is 1. The Balaban J connectivity index is 1.63. The summed E-state index contributed by atoms with van der Waals surface area (Å²) in [6.07, 6.45) is 1.77. The highest BCUT2D eigenvalue weighted by Gasteiger charge is 2.08. The number of rotatable bonds is 9. The van der Waals surface area contributed by atoms with Crippen LogP contribution >= 0.6 is 22.9 Å². The van der Waals surface area contributed by atoms with Gasteiger partial charge in [-0.3, -0.25) is 10.2 Å². The van der Waals surface area contributed by atoms with Gasteiger partial charge in [0.25, 0.3) is 0 Å². The van der Waals surface area contributed by atoms with Crippen LogP contribution in [0.25, 0.3) is 0 Å². The van der Waals surface area contributed by atoms with Crippen LogP contribution in [0.15, 0.2) is 52.9 Å². The molecule has 2 aromatic carbocycles. The third kappa shape index (κ3) is 6.57. The molecule has 30 heavy (non-hydrogen) atoms. The second-order valence-electron chi connectivity index (χ2n) is 6.46. The lowest BCUT2D eigenvalue weighted by Crippen LogP contribution is -2.07. The van der Waals surface area contributed by atoms with Crippen molar-refractivity contribution in [3.05, 3.63) is 75.3 Å². The van der Waals surface area contributed by atoms with Crippen molar-refractivity contribution in [1.82, 2.24) is 4.98 Å². The van der Waals surface area contributed by atoms with E-state index in [-0.39, 0.29) is 12.4 Å². The molecular weight excluding hydrogens is 422 g/mol. The summed E-state index contributed by atoms with van der Waals surface area (Å²) in [6.45, 7) is 4.62. The molecule has 0 saturated carbocycles. The number of benzene rings is 2. The number of anilines is 1. The Hall–Kier alpha value is -2.90. The number of nitrogens with zero attached hydrogens (tertiary/aromatic N) is 2. The fourth-order valence-electron chi connectivity index (χ4n) is 2.67. The Morgan fingerprint density at radius 3 is 2.97 bits per heavy atom. The lowest BCUT2D eigenvalue weighted by molar-refractivity contribution is -0.142. The molecular formula is C22H22ClN3O3S. The molecule has 156 valence electrons. The van der Waals surface area contributed by atoms with Crippen molar-refractivity contribution in [3.63, 3.8) is 0 Å². The molecule has 0 atom stereocenters. The van der Waals surface area contributed by atoms with Crippen LogP contribution < -0.4 is 10.2 Å². The number of hydrogen-bond donors (Lipinski definition) is 1. The number of hydrazone groups is 1. The van der Waals surface area contributed by atoms with E-state index in [4.69, 9.17) is 21.1 Å². The van der Waals surface area contributed by atoms with Crippen molar-refractivity contribution in [3.8, 4) is 5.75 Å². The molecule has 6 nitrogen and oxygen atoms in total. The van der Waals surface area contributed by atoms with Crippen LogP contribution in [0.3, 0.4) is 0 Å². The van der Waals surface area contributed by atoms with Crippen molar-refractivity contribution in [2.75, 3.05) is 12.0 Å². The maximum Gasteiger partial charge on any atom is 0.311 e. The molecule has 0 spiro atoms. The van der Waals surface area contributed by atoms with E-state index in [1.54, 1.807) is 30.7 Å². The Labute approximate surface area is 184 Å². The highest BCUT2D eigenvalue weighted by atomic mass is 35.5. The predicted octanol–water partition coefficient (Wildman–Crippen LogP) is 5.24. The second-order valence-corrected chi connectivity index (χ2v) is 7.75. The van der Waals surface area contributed by atoms with E-state index < -0.39 is 0 Å². The highest BCUT2D eigenvalue weighted by molar-refractivity contribution is 7.13. The molecule has 1 heterocycles. The predicted molar refractivity (Wildman–Crippen MR) is 121 cm³/mol. The fraction of sp³-hybridized carbons (Fsp3) is 0.227. The van der Waals surface area contributed by atoms with Crippen molar-refractivity contribution in [1.29, 1.82) is 0 Å². The molecule has 0 bridgehead atoms. The topological polar surface area (TPSA) is 72.8 Å². The molecule has 0 saturated heterocycles. The first-order valence-electron chi connectivity index (χ1n) is 9.40. The van der Waals surface area contributed by atoms with Gasteiger partial charge in [0.05, 0.1) is 24.9 Å². The van der Waals surface area contributed by atoms with Crippen molar-refractivity contribution < 1.29 is 14.3 Å². The van der Waals surface area contributed by atoms with Gasteiger partial charge in [0, 0.05) is 16.0 Å². The molecule has 1 N–H and O–H groups in total. The number of ether oxygens (including phenoxy) is 2. The standard InChI is InChI=1S/C22H22ClN3O3S/c1-3-28-21(27)11-19-14-30-22(25-19)26-24-12-17-10-18(23)7-8-20(17)29-13-16-6-4-5-15(2)9-16/h4-10,12,14H,3,11,13H2,1-2H3,(H,25,26). The zero-order chi connectivity index (χ0) is 21.3. The summed E-state index contributed by atoms with van der Waals surface area (Å²) in [5, 5.41) is 7.19. The van der Waals surface area contributed by atoms with Gasteiger partial charge in [-0.2, -0.15) is 5.10 Å². The number of esters is 1. The van der Waals surface area contributed by atoms with E-state index in [0.29, 0.717) is 34.8 Å². The first-order valence-corrected chi connectivity index (χ1v) is 10.7. The van der Waals surface area contributed by atoms with Crippen molar-refractivity contribution in [2.24, 2.45) is 5.10 Å². The summed E-state index contributed by atoms with van der Waals surface area (Å²) < 4.78 is 10.9. The summed E-state index contributed by atoms with van der Waals surface area (Å²) in [5.41, 5.74) is 6.52. The summed E-state index contributed by atoms with van der Waals surface area (Å²) in [7, 11) is 0. The van der Waals surface area contributed by atoms with E-state index in [1.165, 1.54) is 16.9 Å². The van der Waals surface area contributed by atoms with Crippen LogP contribution in [0.1, 0.15) is 29.3 Å². The van der Waals surface area contributed by atoms with Crippen molar-refractivity contribution >= 4 is 40.3 Å². The normalized spacial score (nSPS) is 10.9. The maximum absolute atomic E-state index is 11.5. The molecule has 8 heteroatoms. The fourth-order valence-corrected chi connectivity index (χ4v) is 3.51. The van der Waals surface area contributed by atoms with Gasteiger partial charge < -0.3 is 9.47 Å². The van der Waals surface area contributed by atoms with E-state index in [2.05, 4.69) is 21.6 Å². The number of carbonyl (C=O) groups is 1. The minimum atomic E-state index is -0.299. The molecule has 3 rings (SSSR count). The van der Waals surface area contributed by atoms with Gasteiger partial charge in [-0.05, 0) is 37.6 Å². The summed E-state index contributed by atoms with van der Waals surface area (Å²) in [4.78, 5) is 15.9. The highest BCUT2D eigenvalue weighted by Crippen LogP contribution is 2.23. The monoisotopic (exact) mass is 443 g/mol. The number of halogens is 1. The lowest BCUT2D eigenvalue weighted by atomic mass is 10.1. The number of aryl methyl sites for hydroxylation is 1. The van der Waals surface area contributed by atoms with Crippen LogP contribution in [0.5, 0.6) is 5.75 Å². The third-order valence-corrected chi connectivity index (χ3v) is 5.03. The molecule has 0 unspecified atom stereocenters. The smallest absolute Gasteiger partial charge is 0.311 e. The second kappa shape index (κ2) is 10.8. The molecule has 0 aliphatic carbocycles. The molecule has 3 aromatic rings. The summed E-state index contributed by atoms with van der Waals surface area (Å²) >= 11 is 7.50. The first kappa shape index (κ1) is 21.8. The van der Waals surface area contributed by atoms with E-state index in [0.717, 1.165) is 11.1 Å². The maximum atomic E-state index is 11.5. The Bertz CT molecular complexity index is 1040.